The Hall–Kier alpha value is -2.47. The molecule has 32 heavy (non-hydrogen) atoms. The maximum Gasteiger partial charge on any atom is 0.254 e. The number of carbonyl (C=O) groups is 1. The van der Waals surface area contributed by atoms with Gasteiger partial charge in [0.15, 0.2) is 0 Å². The normalized spacial score (nSPS) is 15.5. The van der Waals surface area contributed by atoms with E-state index in [9.17, 15) is 4.79 Å². The van der Waals surface area contributed by atoms with Gasteiger partial charge >= 0.3 is 0 Å². The van der Waals surface area contributed by atoms with Gasteiger partial charge in [0.2, 0.25) is 0 Å². The van der Waals surface area contributed by atoms with Gasteiger partial charge in [-0.25, -0.2) is 0 Å². The van der Waals surface area contributed by atoms with Crippen LogP contribution < -0.4 is 4.90 Å². The smallest absolute Gasteiger partial charge is 0.254 e. The van der Waals surface area contributed by atoms with Crippen LogP contribution in [0, 0.1) is 0 Å². The molecule has 0 saturated carbocycles. The number of benzene rings is 3. The van der Waals surface area contributed by atoms with E-state index < -0.39 is 0 Å². The molecule has 7 heteroatoms. The van der Waals surface area contributed by atoms with Crippen molar-refractivity contribution in [1.82, 2.24) is 4.90 Å². The van der Waals surface area contributed by atoms with Crippen molar-refractivity contribution >= 4 is 58.0 Å². The standard InChI is InChI=1S/C25H21Cl2N3OS/c1-16-21-15-19(27)5-9-23(21)32-24-8-2-17(14-22(24)28-16)25(31)30-12-10-29(11-13-30)20-6-3-18(26)4-7-20/h2-9,14-15H,10-13H2,1H3. The molecule has 2 heterocycles. The molecule has 0 aromatic heterocycles. The molecule has 3 aromatic carbocycles. The number of fused-ring (bicyclic) bond motifs is 2. The van der Waals surface area contributed by atoms with Gasteiger partial charge in [-0.05, 0) is 67.6 Å². The van der Waals surface area contributed by atoms with E-state index in [4.69, 9.17) is 28.2 Å². The van der Waals surface area contributed by atoms with Crippen LogP contribution in [0.2, 0.25) is 10.0 Å². The van der Waals surface area contributed by atoms with Crippen molar-refractivity contribution in [3.63, 3.8) is 0 Å². The number of aliphatic imine (C=N–C) groups is 1. The van der Waals surface area contributed by atoms with Gasteiger partial charge in [0.05, 0.1) is 5.69 Å². The molecule has 0 radical (unpaired) electrons. The Morgan fingerprint density at radius 2 is 1.56 bits per heavy atom. The van der Waals surface area contributed by atoms with Crippen molar-refractivity contribution < 1.29 is 4.79 Å². The lowest BCUT2D eigenvalue weighted by molar-refractivity contribution is 0.0746. The highest BCUT2D eigenvalue weighted by Crippen LogP contribution is 2.41. The Bertz CT molecular complexity index is 1220. The SMILES string of the molecule is CC1=Nc2cc(C(=O)N3CCN(c4ccc(Cl)cc4)CC3)ccc2Sc2ccc(Cl)cc21. The van der Waals surface area contributed by atoms with E-state index in [-0.39, 0.29) is 5.91 Å². The van der Waals surface area contributed by atoms with Gasteiger partial charge in [-0.15, -0.1) is 0 Å². The van der Waals surface area contributed by atoms with Crippen molar-refractivity contribution in [3.05, 3.63) is 81.8 Å². The van der Waals surface area contributed by atoms with E-state index >= 15 is 0 Å². The minimum absolute atomic E-state index is 0.0474. The lowest BCUT2D eigenvalue weighted by Crippen LogP contribution is -2.48. The molecule has 4 nitrogen and oxygen atoms in total. The molecule has 1 amide bonds. The largest absolute Gasteiger partial charge is 0.368 e. The quantitative estimate of drug-likeness (QED) is 0.415. The average molecular weight is 482 g/mol. The summed E-state index contributed by atoms with van der Waals surface area (Å²) in [6.45, 7) is 4.93. The molecule has 3 aromatic rings. The van der Waals surface area contributed by atoms with Crippen molar-refractivity contribution in [2.75, 3.05) is 31.1 Å². The number of rotatable bonds is 2. The van der Waals surface area contributed by atoms with Gasteiger partial charge in [-0.1, -0.05) is 35.0 Å². The third kappa shape index (κ3) is 4.25. The van der Waals surface area contributed by atoms with E-state index in [1.165, 1.54) is 0 Å². The first-order valence-corrected chi connectivity index (χ1v) is 12.0. The summed E-state index contributed by atoms with van der Waals surface area (Å²) in [5, 5.41) is 1.42. The molecular weight excluding hydrogens is 461 g/mol. The van der Waals surface area contributed by atoms with E-state index in [0.29, 0.717) is 23.7 Å². The van der Waals surface area contributed by atoms with Gasteiger partial charge in [0, 0.05) is 68.5 Å². The molecule has 0 unspecified atom stereocenters. The van der Waals surface area contributed by atoms with Gasteiger partial charge in [-0.2, -0.15) is 0 Å². The first-order chi connectivity index (χ1) is 15.5. The van der Waals surface area contributed by atoms with Gasteiger partial charge in [0.25, 0.3) is 5.91 Å². The number of carbonyl (C=O) groups excluding carboxylic acids is 1. The number of amides is 1. The van der Waals surface area contributed by atoms with E-state index in [2.05, 4.69) is 4.90 Å². The average Bonchev–Trinajstić information content (AvgIpc) is 2.94. The summed E-state index contributed by atoms with van der Waals surface area (Å²) in [4.78, 5) is 24.4. The zero-order chi connectivity index (χ0) is 22.2. The molecule has 1 saturated heterocycles. The minimum atomic E-state index is 0.0474. The van der Waals surface area contributed by atoms with Gasteiger partial charge in [-0.3, -0.25) is 9.79 Å². The number of nitrogens with zero attached hydrogens (tertiary/aromatic N) is 3. The molecule has 0 bridgehead atoms. The molecule has 0 N–H and O–H groups in total. The number of anilines is 1. The predicted octanol–water partition coefficient (Wildman–Crippen LogP) is 6.56. The fourth-order valence-electron chi connectivity index (χ4n) is 4.06. The second-order valence-corrected chi connectivity index (χ2v) is 9.83. The lowest BCUT2D eigenvalue weighted by atomic mass is 10.1. The summed E-state index contributed by atoms with van der Waals surface area (Å²) < 4.78 is 0. The van der Waals surface area contributed by atoms with Crippen LogP contribution in [0.1, 0.15) is 22.8 Å². The van der Waals surface area contributed by atoms with Crippen LogP contribution in [0.25, 0.3) is 0 Å². The fraction of sp³-hybridized carbons (Fsp3) is 0.200. The monoisotopic (exact) mass is 481 g/mol. The lowest BCUT2D eigenvalue weighted by Gasteiger charge is -2.36. The van der Waals surface area contributed by atoms with E-state index in [1.807, 2.05) is 72.5 Å². The summed E-state index contributed by atoms with van der Waals surface area (Å²) >= 11 is 13.8. The molecule has 0 aliphatic carbocycles. The van der Waals surface area contributed by atoms with Crippen LogP contribution in [0.3, 0.4) is 0 Å². The summed E-state index contributed by atoms with van der Waals surface area (Å²) in [6.07, 6.45) is 0. The van der Waals surface area contributed by atoms with E-state index in [0.717, 1.165) is 50.6 Å². The highest BCUT2D eigenvalue weighted by molar-refractivity contribution is 7.99. The van der Waals surface area contributed by atoms with Gasteiger partial charge < -0.3 is 9.80 Å². The van der Waals surface area contributed by atoms with Crippen molar-refractivity contribution in [2.24, 2.45) is 4.99 Å². The Labute approximate surface area is 201 Å². The van der Waals surface area contributed by atoms with Crippen LogP contribution in [0.5, 0.6) is 0 Å². The third-order valence-electron chi connectivity index (χ3n) is 5.80. The highest BCUT2D eigenvalue weighted by Gasteiger charge is 2.24. The molecular formula is C25H21Cl2N3OS. The van der Waals surface area contributed by atoms with Crippen molar-refractivity contribution in [1.29, 1.82) is 0 Å². The number of halogens is 2. The maximum atomic E-state index is 13.2. The summed E-state index contributed by atoms with van der Waals surface area (Å²) in [7, 11) is 0. The second-order valence-electron chi connectivity index (χ2n) is 7.88. The molecule has 2 aliphatic heterocycles. The molecule has 5 rings (SSSR count). The molecule has 1 fully saturated rings. The zero-order valence-corrected chi connectivity index (χ0v) is 19.8. The Kier molecular flexibility index (Phi) is 5.89. The molecule has 0 atom stereocenters. The molecule has 162 valence electrons. The van der Waals surface area contributed by atoms with Crippen molar-refractivity contribution in [3.8, 4) is 0 Å². The van der Waals surface area contributed by atoms with Crippen LogP contribution in [0.15, 0.2) is 75.4 Å². The highest BCUT2D eigenvalue weighted by atomic mass is 35.5. The maximum absolute atomic E-state index is 13.2. The third-order valence-corrected chi connectivity index (χ3v) is 7.43. The van der Waals surface area contributed by atoms with Crippen molar-refractivity contribution in [2.45, 2.75) is 16.7 Å². The van der Waals surface area contributed by atoms with Crippen LogP contribution in [-0.4, -0.2) is 42.7 Å². The predicted molar refractivity (Wildman–Crippen MR) is 133 cm³/mol. The Morgan fingerprint density at radius 1 is 0.875 bits per heavy atom. The Morgan fingerprint density at radius 3 is 2.31 bits per heavy atom. The minimum Gasteiger partial charge on any atom is -0.368 e. The van der Waals surface area contributed by atoms with Crippen LogP contribution in [-0.2, 0) is 0 Å². The number of hydrogen-bond donors (Lipinski definition) is 0. The zero-order valence-electron chi connectivity index (χ0n) is 17.5. The topological polar surface area (TPSA) is 35.9 Å². The first-order valence-electron chi connectivity index (χ1n) is 10.4. The number of piperazine rings is 1. The van der Waals surface area contributed by atoms with Gasteiger partial charge in [0.1, 0.15) is 0 Å². The molecule has 0 spiro atoms. The number of hydrogen-bond acceptors (Lipinski definition) is 4. The summed E-state index contributed by atoms with van der Waals surface area (Å²) in [6, 6.07) is 19.5. The van der Waals surface area contributed by atoms with Crippen LogP contribution >= 0.6 is 35.0 Å². The first kappa shape index (κ1) is 21.4. The van der Waals surface area contributed by atoms with E-state index in [1.54, 1.807) is 11.8 Å². The fourth-order valence-corrected chi connectivity index (χ4v) is 5.39. The summed E-state index contributed by atoms with van der Waals surface area (Å²) in [5.74, 6) is 0.0474. The summed E-state index contributed by atoms with van der Waals surface area (Å²) in [5.41, 5.74) is 4.56. The Balaban J connectivity index is 1.33. The second kappa shape index (κ2) is 8.81. The molecule has 2 aliphatic rings. The van der Waals surface area contributed by atoms with Crippen LogP contribution in [0.4, 0.5) is 11.4 Å².